The van der Waals surface area contributed by atoms with Crippen molar-refractivity contribution in [2.75, 3.05) is 19.8 Å². The third-order valence-corrected chi connectivity index (χ3v) is 9.94. The van der Waals surface area contributed by atoms with Crippen LogP contribution in [0.25, 0.3) is 0 Å². The number of ether oxygens (including phenoxy) is 2. The fourth-order valence-electron chi connectivity index (χ4n) is 8.49. The van der Waals surface area contributed by atoms with Gasteiger partial charge in [-0.05, 0) is 76.7 Å². The van der Waals surface area contributed by atoms with Crippen LogP contribution in [0.2, 0.25) is 0 Å². The standard InChI is InChI=1S/C37H54N2O6/c1-9-11-12-16-22-44-33(43)29-28-31(41)39(27(24-40)23-26-17-14-13-15-18-26)30(37(28)20-19-36(29,8)45-37)32(42)38(21-10-2)35(6,7)25-34(3,4)5/h9-10,13-15,17-18,27-30,40H,1-2,11-12,16,19-25H2,3-8H3/t27-,28+,29+,30?,36-,37?/m1/s1. The molecule has 1 aromatic rings. The number of hydrogen-bond acceptors (Lipinski definition) is 6. The van der Waals surface area contributed by atoms with Gasteiger partial charge >= 0.3 is 5.97 Å². The molecule has 4 rings (SSSR count). The zero-order valence-electron chi connectivity index (χ0n) is 28.2. The van der Waals surface area contributed by atoms with Gasteiger partial charge in [0.25, 0.3) is 0 Å². The highest BCUT2D eigenvalue weighted by Crippen LogP contribution is 2.64. The van der Waals surface area contributed by atoms with Gasteiger partial charge in [-0.15, -0.1) is 13.2 Å². The van der Waals surface area contributed by atoms with Crippen LogP contribution in [0.15, 0.2) is 55.6 Å². The van der Waals surface area contributed by atoms with Gasteiger partial charge in [-0.3, -0.25) is 14.4 Å². The highest BCUT2D eigenvalue weighted by atomic mass is 16.6. The molecule has 8 heteroatoms. The van der Waals surface area contributed by atoms with Gasteiger partial charge in [0.1, 0.15) is 17.6 Å². The number of allylic oxidation sites excluding steroid dienone is 1. The van der Waals surface area contributed by atoms with Gasteiger partial charge in [-0.1, -0.05) is 63.3 Å². The van der Waals surface area contributed by atoms with Crippen molar-refractivity contribution in [2.45, 2.75) is 115 Å². The summed E-state index contributed by atoms with van der Waals surface area (Å²) >= 11 is 0. The molecule has 0 radical (unpaired) electrons. The smallest absolute Gasteiger partial charge is 0.312 e. The number of nitrogens with zero attached hydrogens (tertiary/aromatic N) is 2. The average molecular weight is 623 g/mol. The minimum absolute atomic E-state index is 0.0769. The zero-order valence-corrected chi connectivity index (χ0v) is 28.2. The van der Waals surface area contributed by atoms with Gasteiger partial charge < -0.3 is 24.4 Å². The quantitative estimate of drug-likeness (QED) is 0.158. The number of rotatable bonds is 15. The van der Waals surface area contributed by atoms with Crippen molar-refractivity contribution in [2.24, 2.45) is 17.3 Å². The molecule has 3 aliphatic heterocycles. The number of carbonyl (C=O) groups excluding carboxylic acids is 3. The first kappa shape index (κ1) is 34.9. The molecule has 8 nitrogen and oxygen atoms in total. The first-order valence-electron chi connectivity index (χ1n) is 16.5. The minimum Gasteiger partial charge on any atom is -0.465 e. The molecule has 248 valence electrons. The summed E-state index contributed by atoms with van der Waals surface area (Å²) in [5, 5.41) is 10.8. The van der Waals surface area contributed by atoms with Crippen LogP contribution in [-0.4, -0.2) is 81.3 Å². The maximum atomic E-state index is 15.1. The molecule has 6 atom stereocenters. The highest BCUT2D eigenvalue weighted by molar-refractivity contribution is 5.99. The van der Waals surface area contributed by atoms with Gasteiger partial charge in [-0.2, -0.15) is 0 Å². The van der Waals surface area contributed by atoms with E-state index in [1.807, 2.05) is 62.1 Å². The van der Waals surface area contributed by atoms with Crippen LogP contribution in [-0.2, 0) is 30.3 Å². The summed E-state index contributed by atoms with van der Waals surface area (Å²) < 4.78 is 12.6. The van der Waals surface area contributed by atoms with E-state index in [1.54, 1.807) is 11.0 Å². The molecule has 3 fully saturated rings. The molecule has 0 saturated carbocycles. The first-order chi connectivity index (χ1) is 21.2. The van der Waals surface area contributed by atoms with Crippen molar-refractivity contribution >= 4 is 17.8 Å². The molecule has 3 heterocycles. The lowest BCUT2D eigenvalue weighted by atomic mass is 9.66. The lowest BCUT2D eigenvalue weighted by molar-refractivity contribution is -0.163. The number of amides is 2. The van der Waals surface area contributed by atoms with Crippen molar-refractivity contribution in [3.8, 4) is 0 Å². The Morgan fingerprint density at radius 3 is 2.42 bits per heavy atom. The lowest BCUT2D eigenvalue weighted by Gasteiger charge is -2.46. The predicted molar refractivity (Wildman–Crippen MR) is 175 cm³/mol. The number of aliphatic hydroxyl groups is 1. The van der Waals surface area contributed by atoms with Crippen LogP contribution in [0, 0.1) is 17.3 Å². The Balaban J connectivity index is 1.78. The molecule has 2 unspecified atom stereocenters. The van der Waals surface area contributed by atoms with Gasteiger partial charge in [0.05, 0.1) is 30.8 Å². The molecule has 0 aliphatic carbocycles. The van der Waals surface area contributed by atoms with E-state index in [1.165, 1.54) is 0 Å². The number of likely N-dealkylation sites (tertiary alicyclic amines) is 1. The molecule has 3 saturated heterocycles. The van der Waals surface area contributed by atoms with Crippen LogP contribution in [0.5, 0.6) is 0 Å². The lowest BCUT2D eigenvalue weighted by Crippen LogP contribution is -2.62. The van der Waals surface area contributed by atoms with E-state index in [4.69, 9.17) is 9.47 Å². The van der Waals surface area contributed by atoms with E-state index in [9.17, 15) is 14.7 Å². The van der Waals surface area contributed by atoms with Gasteiger partial charge in [0.2, 0.25) is 11.8 Å². The van der Waals surface area contributed by atoms with E-state index in [2.05, 4.69) is 33.9 Å². The van der Waals surface area contributed by atoms with Crippen molar-refractivity contribution in [3.05, 3.63) is 61.2 Å². The van der Waals surface area contributed by atoms with Crippen molar-refractivity contribution < 1.29 is 29.0 Å². The van der Waals surface area contributed by atoms with Gasteiger partial charge in [-0.25, -0.2) is 0 Å². The first-order valence-corrected chi connectivity index (χ1v) is 16.5. The molecule has 2 amide bonds. The molecule has 45 heavy (non-hydrogen) atoms. The van der Waals surface area contributed by atoms with E-state index in [0.29, 0.717) is 32.1 Å². The molecule has 0 aromatic heterocycles. The highest BCUT2D eigenvalue weighted by Gasteiger charge is 2.79. The normalized spacial score (nSPS) is 28.1. The average Bonchev–Trinajstić information content (AvgIpc) is 3.54. The minimum atomic E-state index is -1.21. The van der Waals surface area contributed by atoms with Crippen molar-refractivity contribution in [1.29, 1.82) is 0 Å². The predicted octanol–water partition coefficient (Wildman–Crippen LogP) is 5.48. The fraction of sp³-hybridized carbons (Fsp3) is 0.649. The Hall–Kier alpha value is -2.97. The van der Waals surface area contributed by atoms with Crippen LogP contribution in [0.1, 0.15) is 85.6 Å². The number of aliphatic hydroxyl groups excluding tert-OH is 1. The Kier molecular flexibility index (Phi) is 10.4. The van der Waals surface area contributed by atoms with Crippen molar-refractivity contribution in [1.82, 2.24) is 9.80 Å². The van der Waals surface area contributed by atoms with Gasteiger partial charge in [0.15, 0.2) is 0 Å². The fourth-order valence-corrected chi connectivity index (χ4v) is 8.49. The Labute approximate surface area is 269 Å². The second-order valence-corrected chi connectivity index (χ2v) is 15.2. The van der Waals surface area contributed by atoms with E-state index < -0.39 is 46.6 Å². The zero-order chi connectivity index (χ0) is 33.2. The summed E-state index contributed by atoms with van der Waals surface area (Å²) in [4.78, 5) is 47.0. The number of benzene rings is 1. The molecular formula is C37H54N2O6. The van der Waals surface area contributed by atoms with E-state index >= 15 is 4.79 Å². The summed E-state index contributed by atoms with van der Waals surface area (Å²) in [5.74, 6) is -2.75. The maximum Gasteiger partial charge on any atom is 0.312 e. The van der Waals surface area contributed by atoms with Crippen molar-refractivity contribution in [3.63, 3.8) is 0 Å². The summed E-state index contributed by atoms with van der Waals surface area (Å²) in [6.07, 6.45) is 8.00. The Bertz CT molecular complexity index is 1260. The molecule has 1 aromatic carbocycles. The van der Waals surface area contributed by atoms with Gasteiger partial charge in [0, 0.05) is 12.1 Å². The molecule has 1 spiro atoms. The number of fused-ring (bicyclic) bond motifs is 1. The summed E-state index contributed by atoms with van der Waals surface area (Å²) in [6.45, 7) is 20.3. The molecule has 1 N–H and O–H groups in total. The Morgan fingerprint density at radius 1 is 1.13 bits per heavy atom. The largest absolute Gasteiger partial charge is 0.465 e. The third-order valence-electron chi connectivity index (χ3n) is 9.94. The summed E-state index contributed by atoms with van der Waals surface area (Å²) in [7, 11) is 0. The monoisotopic (exact) mass is 622 g/mol. The summed E-state index contributed by atoms with van der Waals surface area (Å²) in [6, 6.07) is 7.95. The number of unbranched alkanes of at least 4 members (excludes halogenated alkanes) is 2. The number of carbonyl (C=O) groups is 3. The van der Waals surface area contributed by atoms with Crippen LogP contribution in [0.3, 0.4) is 0 Å². The van der Waals surface area contributed by atoms with E-state index in [0.717, 1.165) is 18.4 Å². The van der Waals surface area contributed by atoms with Crippen LogP contribution < -0.4 is 0 Å². The molecule has 3 aliphatic rings. The van der Waals surface area contributed by atoms with Crippen LogP contribution >= 0.6 is 0 Å². The SMILES string of the molecule is C=CCCCCOC(=O)[C@@H]1[C@H]2C(=O)N([C@@H](CO)Cc3ccccc3)C(C(=O)N(CC=C)C(C)(C)CC(C)(C)C)C23CC[C@@]1(C)O3. The van der Waals surface area contributed by atoms with Crippen LogP contribution in [0.4, 0.5) is 0 Å². The second-order valence-electron chi connectivity index (χ2n) is 15.2. The third kappa shape index (κ3) is 6.78. The maximum absolute atomic E-state index is 15.1. The second kappa shape index (κ2) is 13.4. The molecule has 2 bridgehead atoms. The number of hydrogen-bond donors (Lipinski definition) is 1. The topological polar surface area (TPSA) is 96.4 Å². The number of esters is 1. The Morgan fingerprint density at radius 2 is 1.82 bits per heavy atom. The molecular weight excluding hydrogens is 568 g/mol. The summed E-state index contributed by atoms with van der Waals surface area (Å²) in [5.41, 5.74) is -1.86. The van der Waals surface area contributed by atoms with E-state index in [-0.39, 0.29) is 37.0 Å².